The van der Waals surface area contributed by atoms with E-state index in [0.717, 1.165) is 18.7 Å². The Kier molecular flexibility index (Phi) is 3.05. The van der Waals surface area contributed by atoms with E-state index in [-0.39, 0.29) is 0 Å². The van der Waals surface area contributed by atoms with Crippen molar-refractivity contribution in [1.29, 1.82) is 0 Å². The van der Waals surface area contributed by atoms with Crippen molar-refractivity contribution < 1.29 is 0 Å². The van der Waals surface area contributed by atoms with Crippen LogP contribution in [0.4, 0.5) is 0 Å². The van der Waals surface area contributed by atoms with E-state index in [9.17, 15) is 0 Å². The monoisotopic (exact) mass is 234 g/mol. The highest BCUT2D eigenvalue weighted by atomic mass is 32.1. The summed E-state index contributed by atoms with van der Waals surface area (Å²) < 4.78 is 1.88. The molecule has 0 atom stereocenters. The van der Waals surface area contributed by atoms with E-state index in [1.807, 2.05) is 12.1 Å². The van der Waals surface area contributed by atoms with E-state index in [2.05, 4.69) is 29.3 Å². The molecule has 1 aromatic heterocycles. The minimum Gasteiger partial charge on any atom is -0.335 e. The van der Waals surface area contributed by atoms with Gasteiger partial charge in [0, 0.05) is 6.42 Å². The first-order valence-corrected chi connectivity index (χ1v) is 5.55. The van der Waals surface area contributed by atoms with E-state index < -0.39 is 0 Å². The molecule has 0 radical (unpaired) electrons. The molecule has 0 aliphatic carbocycles. The number of benzene rings is 1. The van der Waals surface area contributed by atoms with Gasteiger partial charge in [0.2, 0.25) is 4.77 Å². The van der Waals surface area contributed by atoms with Crippen LogP contribution in [0.3, 0.4) is 0 Å². The van der Waals surface area contributed by atoms with Gasteiger partial charge in [0.15, 0.2) is 5.82 Å². The second-order valence-corrected chi connectivity index (χ2v) is 4.13. The zero-order valence-corrected chi connectivity index (χ0v) is 9.92. The number of hydrogen-bond donors (Lipinski definition) is 2. The van der Waals surface area contributed by atoms with Crippen LogP contribution in [0.2, 0.25) is 0 Å². The molecule has 2 aromatic rings. The van der Waals surface area contributed by atoms with Crippen molar-refractivity contribution in [3.8, 4) is 0 Å². The zero-order chi connectivity index (χ0) is 11.5. The summed E-state index contributed by atoms with van der Waals surface area (Å²) in [7, 11) is 0. The van der Waals surface area contributed by atoms with Crippen molar-refractivity contribution in [2.24, 2.45) is 0 Å². The highest BCUT2D eigenvalue weighted by Crippen LogP contribution is 2.09. The SMILES string of the molecule is Cc1ccccc1CCc1n[nH]c(=S)n1N. The summed E-state index contributed by atoms with van der Waals surface area (Å²) in [6.45, 7) is 2.11. The van der Waals surface area contributed by atoms with Crippen LogP contribution < -0.4 is 5.84 Å². The normalized spacial score (nSPS) is 10.6. The van der Waals surface area contributed by atoms with Crippen LogP contribution in [0.5, 0.6) is 0 Å². The van der Waals surface area contributed by atoms with Gasteiger partial charge in [0.1, 0.15) is 0 Å². The van der Waals surface area contributed by atoms with Gasteiger partial charge in [0.05, 0.1) is 0 Å². The quantitative estimate of drug-likeness (QED) is 0.628. The van der Waals surface area contributed by atoms with Crippen molar-refractivity contribution in [3.63, 3.8) is 0 Å². The number of aryl methyl sites for hydroxylation is 3. The number of hydrogen-bond acceptors (Lipinski definition) is 3. The predicted octanol–water partition coefficient (Wildman–Crippen LogP) is 1.75. The highest BCUT2D eigenvalue weighted by molar-refractivity contribution is 7.71. The van der Waals surface area contributed by atoms with Crippen LogP contribution in [0.25, 0.3) is 0 Å². The molecule has 0 fully saturated rings. The van der Waals surface area contributed by atoms with Crippen molar-refractivity contribution in [1.82, 2.24) is 14.9 Å². The minimum absolute atomic E-state index is 0.458. The lowest BCUT2D eigenvalue weighted by Crippen LogP contribution is -2.13. The first-order valence-electron chi connectivity index (χ1n) is 5.14. The number of rotatable bonds is 3. The summed E-state index contributed by atoms with van der Waals surface area (Å²) >= 11 is 4.95. The molecule has 0 saturated heterocycles. The van der Waals surface area contributed by atoms with Crippen molar-refractivity contribution in [3.05, 3.63) is 46.0 Å². The van der Waals surface area contributed by atoms with E-state index in [1.54, 1.807) is 0 Å². The molecule has 0 spiro atoms. The zero-order valence-electron chi connectivity index (χ0n) is 9.10. The molecule has 1 aromatic carbocycles. The Morgan fingerprint density at radius 3 is 2.75 bits per heavy atom. The van der Waals surface area contributed by atoms with Gasteiger partial charge in [-0.25, -0.2) is 4.68 Å². The fraction of sp³-hybridized carbons (Fsp3) is 0.273. The summed E-state index contributed by atoms with van der Waals surface area (Å²) in [4.78, 5) is 0. The van der Waals surface area contributed by atoms with Gasteiger partial charge in [-0.05, 0) is 36.7 Å². The number of aromatic amines is 1. The summed E-state index contributed by atoms with van der Waals surface area (Å²) in [5.74, 6) is 6.51. The van der Waals surface area contributed by atoms with Gasteiger partial charge in [-0.2, -0.15) is 5.10 Å². The van der Waals surface area contributed by atoms with Crippen LogP contribution in [0.15, 0.2) is 24.3 Å². The smallest absolute Gasteiger partial charge is 0.214 e. The summed E-state index contributed by atoms with van der Waals surface area (Å²) in [5.41, 5.74) is 2.61. The molecule has 84 valence electrons. The molecular weight excluding hydrogens is 220 g/mol. The Bertz CT molecular complexity index is 541. The fourth-order valence-electron chi connectivity index (χ4n) is 1.65. The Morgan fingerprint density at radius 1 is 1.38 bits per heavy atom. The lowest BCUT2D eigenvalue weighted by Gasteiger charge is -2.04. The second kappa shape index (κ2) is 4.49. The molecule has 0 amide bonds. The van der Waals surface area contributed by atoms with E-state index in [0.29, 0.717) is 4.77 Å². The first-order chi connectivity index (χ1) is 7.68. The Morgan fingerprint density at radius 2 is 2.12 bits per heavy atom. The van der Waals surface area contributed by atoms with E-state index in [4.69, 9.17) is 18.1 Å². The summed E-state index contributed by atoms with van der Waals surface area (Å²) in [6.07, 6.45) is 1.71. The Labute approximate surface area is 99.1 Å². The van der Waals surface area contributed by atoms with Crippen LogP contribution >= 0.6 is 12.2 Å². The minimum atomic E-state index is 0.458. The standard InChI is InChI=1S/C11H14N4S/c1-8-4-2-3-5-9(8)6-7-10-13-14-11(16)15(10)12/h2-5H,6-7,12H2,1H3,(H,14,16). The third-order valence-corrected chi connectivity index (χ3v) is 2.94. The number of nitrogens with two attached hydrogens (primary N) is 1. The van der Waals surface area contributed by atoms with Crippen LogP contribution in [0, 0.1) is 11.7 Å². The van der Waals surface area contributed by atoms with Crippen molar-refractivity contribution in [2.45, 2.75) is 19.8 Å². The number of H-pyrrole nitrogens is 1. The molecule has 0 aliphatic rings. The van der Waals surface area contributed by atoms with Gasteiger partial charge in [-0.1, -0.05) is 24.3 Å². The molecule has 16 heavy (non-hydrogen) atoms. The maximum Gasteiger partial charge on any atom is 0.214 e. The maximum atomic E-state index is 5.72. The van der Waals surface area contributed by atoms with E-state index >= 15 is 0 Å². The van der Waals surface area contributed by atoms with E-state index in [1.165, 1.54) is 15.8 Å². The molecular formula is C11H14N4S. The third-order valence-electron chi connectivity index (χ3n) is 2.66. The molecule has 5 heteroatoms. The number of nitrogen functional groups attached to an aromatic ring is 1. The van der Waals surface area contributed by atoms with Gasteiger partial charge >= 0.3 is 0 Å². The molecule has 0 aliphatic heterocycles. The topological polar surface area (TPSA) is 59.6 Å². The number of nitrogens with zero attached hydrogens (tertiary/aromatic N) is 2. The van der Waals surface area contributed by atoms with Gasteiger partial charge in [-0.15, -0.1) is 0 Å². The molecule has 0 saturated carbocycles. The van der Waals surface area contributed by atoms with Crippen LogP contribution in [-0.2, 0) is 12.8 Å². The van der Waals surface area contributed by atoms with Crippen molar-refractivity contribution >= 4 is 12.2 Å². The van der Waals surface area contributed by atoms with Crippen molar-refractivity contribution in [2.75, 3.05) is 5.84 Å². The van der Waals surface area contributed by atoms with Gasteiger partial charge < -0.3 is 5.84 Å². The second-order valence-electron chi connectivity index (χ2n) is 3.74. The number of nitrogens with one attached hydrogen (secondary N) is 1. The lowest BCUT2D eigenvalue weighted by atomic mass is 10.0. The molecule has 1 heterocycles. The number of aromatic nitrogens is 3. The summed E-state index contributed by atoms with van der Waals surface area (Å²) in [6, 6.07) is 8.31. The maximum absolute atomic E-state index is 5.72. The van der Waals surface area contributed by atoms with Gasteiger partial charge in [0.25, 0.3) is 0 Å². The fourth-order valence-corrected chi connectivity index (χ4v) is 1.80. The highest BCUT2D eigenvalue weighted by Gasteiger charge is 2.04. The van der Waals surface area contributed by atoms with Crippen LogP contribution in [-0.4, -0.2) is 14.9 Å². The third kappa shape index (κ3) is 2.14. The average molecular weight is 234 g/mol. The van der Waals surface area contributed by atoms with Crippen LogP contribution in [0.1, 0.15) is 17.0 Å². The molecule has 4 nitrogen and oxygen atoms in total. The molecule has 0 bridgehead atoms. The first kappa shape index (κ1) is 10.9. The Balaban J connectivity index is 2.11. The van der Waals surface area contributed by atoms with Gasteiger partial charge in [-0.3, -0.25) is 5.10 Å². The predicted molar refractivity (Wildman–Crippen MR) is 66.1 cm³/mol. The average Bonchev–Trinajstić information content (AvgIpc) is 2.59. The molecule has 2 rings (SSSR count). The lowest BCUT2D eigenvalue weighted by molar-refractivity contribution is 0.797. The molecule has 0 unspecified atom stereocenters. The Hall–Kier alpha value is -1.62. The summed E-state index contributed by atoms with van der Waals surface area (Å²) in [5, 5.41) is 6.76. The largest absolute Gasteiger partial charge is 0.335 e. The molecule has 3 N–H and O–H groups in total.